The molecule has 2 atom stereocenters. The van der Waals surface area contributed by atoms with Crippen LogP contribution in [0, 0.1) is 11.3 Å². The molecule has 2 bridgehead atoms. The van der Waals surface area contributed by atoms with Crippen molar-refractivity contribution in [2.45, 2.75) is 42.1 Å². The molecular weight excluding hydrogens is 360 g/mol. The molecule has 1 aliphatic carbocycles. The van der Waals surface area contributed by atoms with Gasteiger partial charge in [0.05, 0.1) is 11.1 Å². The number of rotatable bonds is 3. The number of nitrogens with zero attached hydrogens (tertiary/aromatic N) is 3. The molecule has 0 spiro atoms. The van der Waals surface area contributed by atoms with Crippen LogP contribution in [0.3, 0.4) is 0 Å². The Hall–Kier alpha value is -2.12. The number of nitrogens with one attached hydrogen (secondary N) is 1. The lowest BCUT2D eigenvalue weighted by molar-refractivity contribution is -0.157. The number of hydrogen-bond acceptors (Lipinski definition) is 6. The summed E-state index contributed by atoms with van der Waals surface area (Å²) < 4.78 is 0. The van der Waals surface area contributed by atoms with Crippen LogP contribution in [0.15, 0.2) is 40.5 Å². The Bertz CT molecular complexity index is 905. The van der Waals surface area contributed by atoms with Gasteiger partial charge in [0.1, 0.15) is 5.03 Å². The van der Waals surface area contributed by atoms with Crippen LogP contribution in [0.4, 0.5) is 11.5 Å². The summed E-state index contributed by atoms with van der Waals surface area (Å²) >= 11 is 1.63. The molecule has 1 saturated carbocycles. The van der Waals surface area contributed by atoms with Crippen LogP contribution in [0.5, 0.6) is 0 Å². The van der Waals surface area contributed by atoms with E-state index in [0.717, 1.165) is 60.2 Å². The highest BCUT2D eigenvalue weighted by molar-refractivity contribution is 7.99. The number of fused-ring (bicyclic) bond motifs is 4. The maximum absolute atomic E-state index is 11.9. The largest absolute Gasteiger partial charge is 0.481 e. The quantitative estimate of drug-likeness (QED) is 0.714. The summed E-state index contributed by atoms with van der Waals surface area (Å²) in [5.41, 5.74) is 1.71. The minimum Gasteiger partial charge on any atom is -0.481 e. The number of carboxylic acid groups (broad SMARTS) is 1. The molecule has 0 amide bonds. The van der Waals surface area contributed by atoms with E-state index in [0.29, 0.717) is 12.5 Å². The maximum Gasteiger partial charge on any atom is 0.310 e. The first-order chi connectivity index (χ1) is 13.1. The predicted octanol–water partition coefficient (Wildman–Crippen LogP) is 3.76. The summed E-state index contributed by atoms with van der Waals surface area (Å²) in [6, 6.07) is 6.43. The van der Waals surface area contributed by atoms with E-state index in [1.165, 1.54) is 5.56 Å². The van der Waals surface area contributed by atoms with Gasteiger partial charge in [0.2, 0.25) is 0 Å². The van der Waals surface area contributed by atoms with Crippen LogP contribution in [-0.4, -0.2) is 39.0 Å². The molecule has 2 N–H and O–H groups in total. The molecule has 2 unspecified atom stereocenters. The Balaban J connectivity index is 1.36. The SMILES string of the molecule is O=C(O)C12CCCC(CN(Cc3ccc4c(c3)Nc3nccnc3S4)C1)C2. The molecule has 2 fully saturated rings. The van der Waals surface area contributed by atoms with Crippen molar-refractivity contribution in [1.29, 1.82) is 0 Å². The molecule has 27 heavy (non-hydrogen) atoms. The zero-order valence-electron chi connectivity index (χ0n) is 15.0. The number of likely N-dealkylation sites (tertiary alicyclic amines) is 1. The molecule has 1 aromatic heterocycles. The normalized spacial score (nSPS) is 26.6. The Labute approximate surface area is 162 Å². The average Bonchev–Trinajstić information content (AvgIpc) is 2.66. The topological polar surface area (TPSA) is 78.4 Å². The zero-order valence-corrected chi connectivity index (χ0v) is 15.8. The molecule has 3 aliphatic rings. The molecule has 0 radical (unpaired) electrons. The van der Waals surface area contributed by atoms with Crippen molar-refractivity contribution < 1.29 is 9.90 Å². The van der Waals surface area contributed by atoms with Gasteiger partial charge in [-0.2, -0.15) is 0 Å². The summed E-state index contributed by atoms with van der Waals surface area (Å²) in [5.74, 6) is 0.692. The predicted molar refractivity (Wildman–Crippen MR) is 103 cm³/mol. The lowest BCUT2D eigenvalue weighted by Crippen LogP contribution is -2.52. The van der Waals surface area contributed by atoms with Crippen molar-refractivity contribution in [2.75, 3.05) is 18.4 Å². The summed E-state index contributed by atoms with van der Waals surface area (Å²) in [4.78, 5) is 24.1. The van der Waals surface area contributed by atoms with Crippen LogP contribution in [0.25, 0.3) is 0 Å². The standard InChI is InChI=1S/C20H22N4O2S/c25-19(26)20-5-1-2-14(9-20)11-24(12-20)10-13-3-4-16-15(8-13)23-17-18(27-16)22-7-6-21-17/h3-4,6-8,14H,1-2,5,9-12H2,(H,21,23)(H,25,26). The van der Waals surface area contributed by atoms with Crippen LogP contribution in [0.2, 0.25) is 0 Å². The average molecular weight is 382 g/mol. The number of benzene rings is 1. The third-order valence-electron chi connectivity index (χ3n) is 6.02. The van der Waals surface area contributed by atoms with Crippen LogP contribution >= 0.6 is 11.8 Å². The minimum absolute atomic E-state index is 0.511. The number of aliphatic carboxylic acids is 1. The zero-order chi connectivity index (χ0) is 18.4. The van der Waals surface area contributed by atoms with Gasteiger partial charge in [-0.05, 0) is 42.9 Å². The first-order valence-electron chi connectivity index (χ1n) is 9.46. The highest BCUT2D eigenvalue weighted by atomic mass is 32.2. The van der Waals surface area contributed by atoms with Gasteiger partial charge in [-0.15, -0.1) is 0 Å². The van der Waals surface area contributed by atoms with E-state index in [-0.39, 0.29) is 0 Å². The molecule has 1 saturated heterocycles. The van der Waals surface area contributed by atoms with Gasteiger partial charge < -0.3 is 10.4 Å². The van der Waals surface area contributed by atoms with E-state index in [4.69, 9.17) is 0 Å². The molecule has 2 aliphatic heterocycles. The fourth-order valence-electron chi connectivity index (χ4n) is 4.86. The van der Waals surface area contributed by atoms with Crippen LogP contribution in [0.1, 0.15) is 31.2 Å². The number of aromatic nitrogens is 2. The molecular formula is C20H22N4O2S. The van der Waals surface area contributed by atoms with E-state index >= 15 is 0 Å². The number of carbonyl (C=O) groups is 1. The summed E-state index contributed by atoms with van der Waals surface area (Å²) in [6.45, 7) is 2.45. The van der Waals surface area contributed by atoms with Crippen molar-refractivity contribution >= 4 is 29.2 Å². The summed E-state index contributed by atoms with van der Waals surface area (Å²) in [7, 11) is 0. The second-order valence-corrected chi connectivity index (χ2v) is 9.02. The maximum atomic E-state index is 11.9. The number of piperidine rings is 1. The van der Waals surface area contributed by atoms with Crippen molar-refractivity contribution in [3.05, 3.63) is 36.2 Å². The second kappa shape index (κ2) is 6.49. The van der Waals surface area contributed by atoms with Gasteiger partial charge in [-0.3, -0.25) is 9.69 Å². The smallest absolute Gasteiger partial charge is 0.310 e. The van der Waals surface area contributed by atoms with Crippen LogP contribution < -0.4 is 5.32 Å². The second-order valence-electron chi connectivity index (χ2n) is 7.99. The third kappa shape index (κ3) is 3.08. The number of anilines is 2. The molecule has 7 heteroatoms. The number of carboxylic acids is 1. The van der Waals surface area contributed by atoms with Crippen LogP contribution in [-0.2, 0) is 11.3 Å². The summed E-state index contributed by atoms with van der Waals surface area (Å²) in [5, 5.41) is 14.1. The Kier molecular flexibility index (Phi) is 4.09. The Morgan fingerprint density at radius 3 is 3.15 bits per heavy atom. The fraction of sp³-hybridized carbons (Fsp3) is 0.450. The van der Waals surface area contributed by atoms with Gasteiger partial charge >= 0.3 is 5.97 Å². The Morgan fingerprint density at radius 2 is 2.26 bits per heavy atom. The lowest BCUT2D eigenvalue weighted by Gasteiger charge is -2.47. The molecule has 3 heterocycles. The van der Waals surface area contributed by atoms with Gasteiger partial charge in [-0.1, -0.05) is 24.2 Å². The first kappa shape index (κ1) is 17.0. The highest BCUT2D eigenvalue weighted by Gasteiger charge is 2.47. The summed E-state index contributed by atoms with van der Waals surface area (Å²) in [6.07, 6.45) is 7.26. The molecule has 6 nitrogen and oxygen atoms in total. The van der Waals surface area contributed by atoms with Gasteiger partial charge in [-0.25, -0.2) is 9.97 Å². The third-order valence-corrected chi connectivity index (χ3v) is 7.09. The van der Waals surface area contributed by atoms with E-state index in [1.807, 2.05) is 0 Å². The molecule has 2 aromatic rings. The lowest BCUT2D eigenvalue weighted by atomic mass is 9.66. The van der Waals surface area contributed by atoms with Crippen molar-refractivity contribution in [3.63, 3.8) is 0 Å². The van der Waals surface area contributed by atoms with E-state index < -0.39 is 11.4 Å². The Morgan fingerprint density at radius 1 is 1.37 bits per heavy atom. The fourth-order valence-corrected chi connectivity index (χ4v) is 5.74. The van der Waals surface area contributed by atoms with E-state index in [2.05, 4.69) is 38.4 Å². The van der Waals surface area contributed by atoms with Gasteiger partial charge in [0.15, 0.2) is 5.82 Å². The highest BCUT2D eigenvalue weighted by Crippen LogP contribution is 2.45. The van der Waals surface area contributed by atoms with E-state index in [9.17, 15) is 9.90 Å². The first-order valence-corrected chi connectivity index (χ1v) is 10.3. The van der Waals surface area contributed by atoms with Gasteiger partial charge in [0.25, 0.3) is 0 Å². The monoisotopic (exact) mass is 382 g/mol. The molecule has 140 valence electrons. The molecule has 5 rings (SSSR count). The van der Waals surface area contributed by atoms with Gasteiger partial charge in [0, 0.05) is 36.9 Å². The van der Waals surface area contributed by atoms with Crippen molar-refractivity contribution in [2.24, 2.45) is 11.3 Å². The van der Waals surface area contributed by atoms with Crippen molar-refractivity contribution in [3.8, 4) is 0 Å². The minimum atomic E-state index is -0.615. The van der Waals surface area contributed by atoms with E-state index in [1.54, 1.807) is 24.2 Å². The van der Waals surface area contributed by atoms with Crippen molar-refractivity contribution in [1.82, 2.24) is 14.9 Å². The molecule has 1 aromatic carbocycles. The number of hydrogen-bond donors (Lipinski definition) is 2.